The molecule has 0 N–H and O–H groups in total. The zero-order chi connectivity index (χ0) is 25.5. The monoisotopic (exact) mass is 485 g/mol. The SMILES string of the molecule is C=Cc1ccc2c3ccc(-c4nc(-c5ccccc5)nc(-c5ccccc5)n4)cc3c3ccccc3c2c1. The molecular formula is C35H23N3. The summed E-state index contributed by atoms with van der Waals surface area (Å²) in [5.74, 6) is 1.98. The molecule has 0 saturated heterocycles. The fourth-order valence-corrected chi connectivity index (χ4v) is 5.18. The van der Waals surface area contributed by atoms with Gasteiger partial charge in [0.2, 0.25) is 0 Å². The topological polar surface area (TPSA) is 38.7 Å². The van der Waals surface area contributed by atoms with Gasteiger partial charge in [0.1, 0.15) is 0 Å². The van der Waals surface area contributed by atoms with Crippen molar-refractivity contribution in [2.75, 3.05) is 0 Å². The highest BCUT2D eigenvalue weighted by molar-refractivity contribution is 6.26. The second-order valence-electron chi connectivity index (χ2n) is 9.35. The number of fused-ring (bicyclic) bond motifs is 6. The van der Waals surface area contributed by atoms with Crippen molar-refractivity contribution in [1.29, 1.82) is 0 Å². The third-order valence-electron chi connectivity index (χ3n) is 7.05. The molecule has 1 aromatic heterocycles. The van der Waals surface area contributed by atoms with Gasteiger partial charge >= 0.3 is 0 Å². The van der Waals surface area contributed by atoms with Crippen molar-refractivity contribution in [1.82, 2.24) is 15.0 Å². The number of rotatable bonds is 4. The third-order valence-corrected chi connectivity index (χ3v) is 7.05. The lowest BCUT2D eigenvalue weighted by atomic mass is 9.92. The quantitative estimate of drug-likeness (QED) is 0.234. The molecule has 0 amide bonds. The molecule has 178 valence electrons. The van der Waals surface area contributed by atoms with Crippen LogP contribution in [0.3, 0.4) is 0 Å². The number of hydrogen-bond donors (Lipinski definition) is 0. The molecular weight excluding hydrogens is 462 g/mol. The van der Waals surface area contributed by atoms with Gasteiger partial charge in [-0.05, 0) is 50.0 Å². The first-order valence-corrected chi connectivity index (χ1v) is 12.7. The lowest BCUT2D eigenvalue weighted by Crippen LogP contribution is -2.00. The minimum absolute atomic E-state index is 0.658. The maximum atomic E-state index is 4.94. The smallest absolute Gasteiger partial charge is 0.164 e. The molecule has 3 nitrogen and oxygen atoms in total. The van der Waals surface area contributed by atoms with Gasteiger partial charge in [-0.1, -0.05) is 122 Å². The van der Waals surface area contributed by atoms with Crippen LogP contribution in [-0.4, -0.2) is 15.0 Å². The van der Waals surface area contributed by atoms with Gasteiger partial charge in [-0.15, -0.1) is 0 Å². The van der Waals surface area contributed by atoms with E-state index >= 15 is 0 Å². The largest absolute Gasteiger partial charge is 0.208 e. The van der Waals surface area contributed by atoms with E-state index < -0.39 is 0 Å². The first kappa shape index (κ1) is 22.1. The first-order valence-electron chi connectivity index (χ1n) is 12.7. The van der Waals surface area contributed by atoms with Crippen LogP contribution in [0.2, 0.25) is 0 Å². The molecule has 0 bridgehead atoms. The minimum Gasteiger partial charge on any atom is -0.208 e. The maximum Gasteiger partial charge on any atom is 0.164 e. The Morgan fingerprint density at radius 3 is 1.39 bits per heavy atom. The normalized spacial score (nSPS) is 11.3. The van der Waals surface area contributed by atoms with E-state index in [1.807, 2.05) is 66.7 Å². The molecule has 0 aliphatic rings. The summed E-state index contributed by atoms with van der Waals surface area (Å²) >= 11 is 0. The number of nitrogens with zero attached hydrogens (tertiary/aromatic N) is 3. The fraction of sp³-hybridized carbons (Fsp3) is 0. The average Bonchev–Trinajstić information content (AvgIpc) is 3.01. The Bertz CT molecular complexity index is 1900. The number of aromatic nitrogens is 3. The van der Waals surface area contributed by atoms with E-state index in [0.29, 0.717) is 17.5 Å². The van der Waals surface area contributed by atoms with Gasteiger partial charge in [0.15, 0.2) is 17.5 Å². The molecule has 0 unspecified atom stereocenters. The van der Waals surface area contributed by atoms with E-state index in [1.165, 1.54) is 32.3 Å². The number of hydrogen-bond acceptors (Lipinski definition) is 3. The second kappa shape index (κ2) is 9.06. The van der Waals surface area contributed by atoms with E-state index in [2.05, 4.69) is 67.2 Å². The summed E-state index contributed by atoms with van der Waals surface area (Å²) in [6, 6.07) is 41.8. The summed E-state index contributed by atoms with van der Waals surface area (Å²) in [5.41, 5.74) is 4.00. The molecule has 0 spiro atoms. The highest BCUT2D eigenvalue weighted by atomic mass is 15.0. The Labute approximate surface area is 220 Å². The molecule has 3 heteroatoms. The van der Waals surface area contributed by atoms with Crippen LogP contribution in [-0.2, 0) is 0 Å². The van der Waals surface area contributed by atoms with Crippen LogP contribution >= 0.6 is 0 Å². The van der Waals surface area contributed by atoms with E-state index in [9.17, 15) is 0 Å². The maximum absolute atomic E-state index is 4.94. The van der Waals surface area contributed by atoms with Crippen LogP contribution in [0.15, 0.2) is 128 Å². The molecule has 6 aromatic carbocycles. The van der Waals surface area contributed by atoms with E-state index in [4.69, 9.17) is 15.0 Å². The molecule has 0 atom stereocenters. The van der Waals surface area contributed by atoms with Gasteiger partial charge < -0.3 is 0 Å². The van der Waals surface area contributed by atoms with Crippen molar-refractivity contribution in [2.45, 2.75) is 0 Å². The lowest BCUT2D eigenvalue weighted by Gasteiger charge is -2.13. The predicted molar refractivity (Wildman–Crippen MR) is 159 cm³/mol. The van der Waals surface area contributed by atoms with Crippen LogP contribution in [0.4, 0.5) is 0 Å². The molecule has 1 heterocycles. The van der Waals surface area contributed by atoms with Gasteiger partial charge in [-0.25, -0.2) is 15.0 Å². The highest BCUT2D eigenvalue weighted by Gasteiger charge is 2.14. The molecule has 7 aromatic rings. The summed E-state index contributed by atoms with van der Waals surface area (Å²) in [6.45, 7) is 3.96. The van der Waals surface area contributed by atoms with Gasteiger partial charge in [-0.2, -0.15) is 0 Å². The zero-order valence-corrected chi connectivity index (χ0v) is 20.7. The zero-order valence-electron chi connectivity index (χ0n) is 20.7. The Morgan fingerprint density at radius 1 is 0.395 bits per heavy atom. The van der Waals surface area contributed by atoms with Crippen molar-refractivity contribution in [2.24, 2.45) is 0 Å². The summed E-state index contributed by atoms with van der Waals surface area (Å²) < 4.78 is 0. The van der Waals surface area contributed by atoms with Gasteiger partial charge in [0.05, 0.1) is 0 Å². The molecule has 0 saturated carbocycles. The summed E-state index contributed by atoms with van der Waals surface area (Å²) in [4.78, 5) is 14.7. The van der Waals surface area contributed by atoms with E-state index in [0.717, 1.165) is 22.3 Å². The van der Waals surface area contributed by atoms with Gasteiger partial charge in [0.25, 0.3) is 0 Å². The van der Waals surface area contributed by atoms with Crippen molar-refractivity contribution in [3.05, 3.63) is 133 Å². The highest BCUT2D eigenvalue weighted by Crippen LogP contribution is 2.37. The molecule has 0 aliphatic heterocycles. The van der Waals surface area contributed by atoms with Crippen LogP contribution in [0.5, 0.6) is 0 Å². The summed E-state index contributed by atoms with van der Waals surface area (Å²) in [5, 5.41) is 7.27. The van der Waals surface area contributed by atoms with Crippen molar-refractivity contribution < 1.29 is 0 Å². The molecule has 0 radical (unpaired) electrons. The molecule has 0 aliphatic carbocycles. The Balaban J connectivity index is 1.50. The van der Waals surface area contributed by atoms with Crippen LogP contribution in [0.1, 0.15) is 5.56 Å². The predicted octanol–water partition coefficient (Wildman–Crippen LogP) is 8.98. The summed E-state index contributed by atoms with van der Waals surface area (Å²) in [6.07, 6.45) is 1.90. The Hall–Kier alpha value is -5.15. The van der Waals surface area contributed by atoms with Crippen LogP contribution in [0.25, 0.3) is 72.6 Å². The Kier molecular flexibility index (Phi) is 5.26. The van der Waals surface area contributed by atoms with Crippen molar-refractivity contribution >= 4 is 38.4 Å². The standard InChI is InChI=1S/C35H23N3/c1-2-23-17-19-29-30-20-18-26(22-32(30)28-16-10-9-15-27(28)31(29)21-23)35-37-33(24-11-5-3-6-12-24)36-34(38-35)25-13-7-4-8-14-25/h2-22H,1H2. The van der Waals surface area contributed by atoms with E-state index in [1.54, 1.807) is 0 Å². The third kappa shape index (κ3) is 3.73. The second-order valence-corrected chi connectivity index (χ2v) is 9.35. The van der Waals surface area contributed by atoms with Crippen molar-refractivity contribution in [3.8, 4) is 34.2 Å². The van der Waals surface area contributed by atoms with Gasteiger partial charge in [-0.3, -0.25) is 0 Å². The first-order chi connectivity index (χ1) is 18.8. The van der Waals surface area contributed by atoms with Gasteiger partial charge in [0, 0.05) is 16.7 Å². The number of benzene rings is 6. The summed E-state index contributed by atoms with van der Waals surface area (Å²) in [7, 11) is 0. The van der Waals surface area contributed by atoms with Crippen LogP contribution < -0.4 is 0 Å². The molecule has 0 fully saturated rings. The minimum atomic E-state index is 0.658. The van der Waals surface area contributed by atoms with E-state index in [-0.39, 0.29) is 0 Å². The average molecular weight is 486 g/mol. The fourth-order valence-electron chi connectivity index (χ4n) is 5.18. The molecule has 7 rings (SSSR count). The Morgan fingerprint density at radius 2 is 0.842 bits per heavy atom. The van der Waals surface area contributed by atoms with Crippen LogP contribution in [0, 0.1) is 0 Å². The van der Waals surface area contributed by atoms with Crippen molar-refractivity contribution in [3.63, 3.8) is 0 Å². The lowest BCUT2D eigenvalue weighted by molar-refractivity contribution is 1.07. The molecule has 38 heavy (non-hydrogen) atoms.